The van der Waals surface area contributed by atoms with Crippen LogP contribution in [0.5, 0.6) is 0 Å². The maximum atomic E-state index is 2.40. The van der Waals surface area contributed by atoms with Crippen LogP contribution in [0.25, 0.3) is 103 Å². The SMILES string of the molecule is c1ccc(-c2ccc(-c3cc(-c4ccc5c(c4)c4ccccc4n5-c4ccccc4)cc(-c4cccc5c4sc4c(-c6ccccc6)cccc45)c3)cc2)cc1. The van der Waals surface area contributed by atoms with Crippen molar-refractivity contribution in [2.75, 3.05) is 0 Å². The number of hydrogen-bond acceptors (Lipinski definition) is 1. The Kier molecular flexibility index (Phi) is 7.75. The average molecular weight is 730 g/mol. The topological polar surface area (TPSA) is 4.93 Å². The van der Waals surface area contributed by atoms with Crippen LogP contribution in [0.4, 0.5) is 0 Å². The van der Waals surface area contributed by atoms with Crippen molar-refractivity contribution in [3.05, 3.63) is 212 Å². The zero-order valence-corrected chi connectivity index (χ0v) is 31.4. The molecule has 0 unspecified atom stereocenters. The first-order chi connectivity index (χ1) is 27.8. The first-order valence-electron chi connectivity index (χ1n) is 19.2. The molecule has 56 heavy (non-hydrogen) atoms. The summed E-state index contributed by atoms with van der Waals surface area (Å²) in [6, 6.07) is 77.6. The zero-order chi connectivity index (χ0) is 37.0. The van der Waals surface area contributed by atoms with E-state index < -0.39 is 0 Å². The minimum Gasteiger partial charge on any atom is -0.309 e. The summed E-state index contributed by atoms with van der Waals surface area (Å²) in [6.07, 6.45) is 0. The highest BCUT2D eigenvalue weighted by molar-refractivity contribution is 7.26. The van der Waals surface area contributed by atoms with Gasteiger partial charge in [0.1, 0.15) is 0 Å². The van der Waals surface area contributed by atoms with E-state index in [-0.39, 0.29) is 0 Å². The summed E-state index contributed by atoms with van der Waals surface area (Å²) in [6.45, 7) is 0. The molecule has 0 spiro atoms. The van der Waals surface area contributed by atoms with Crippen LogP contribution in [0.2, 0.25) is 0 Å². The van der Waals surface area contributed by atoms with Gasteiger partial charge in [0.05, 0.1) is 11.0 Å². The fraction of sp³-hybridized carbons (Fsp3) is 0. The summed E-state index contributed by atoms with van der Waals surface area (Å²) < 4.78 is 5.03. The maximum Gasteiger partial charge on any atom is 0.0541 e. The molecule has 0 aliphatic rings. The summed E-state index contributed by atoms with van der Waals surface area (Å²) in [5.74, 6) is 0. The Morgan fingerprint density at radius 1 is 0.268 bits per heavy atom. The molecule has 0 atom stereocenters. The van der Waals surface area contributed by atoms with Gasteiger partial charge >= 0.3 is 0 Å². The van der Waals surface area contributed by atoms with E-state index in [1.165, 1.54) is 103 Å². The second kappa shape index (κ2) is 13.4. The first-order valence-corrected chi connectivity index (χ1v) is 20.0. The van der Waals surface area contributed by atoms with Crippen molar-refractivity contribution in [2.45, 2.75) is 0 Å². The van der Waals surface area contributed by atoms with E-state index in [0.29, 0.717) is 0 Å². The lowest BCUT2D eigenvalue weighted by Gasteiger charge is -2.13. The Morgan fingerprint density at radius 3 is 1.41 bits per heavy atom. The van der Waals surface area contributed by atoms with Crippen LogP contribution in [0.1, 0.15) is 0 Å². The Bertz CT molecular complexity index is 3210. The van der Waals surface area contributed by atoms with E-state index in [1.807, 2.05) is 11.3 Å². The lowest BCUT2D eigenvalue weighted by Crippen LogP contribution is -1.93. The molecule has 262 valence electrons. The summed E-state index contributed by atoms with van der Waals surface area (Å²) in [4.78, 5) is 0. The molecule has 11 rings (SSSR count). The van der Waals surface area contributed by atoms with E-state index in [4.69, 9.17) is 0 Å². The Morgan fingerprint density at radius 2 is 0.732 bits per heavy atom. The fourth-order valence-corrected chi connectivity index (χ4v) is 9.87. The Hall–Kier alpha value is -7.00. The van der Waals surface area contributed by atoms with E-state index in [2.05, 4.69) is 217 Å². The van der Waals surface area contributed by atoms with Crippen LogP contribution in [-0.2, 0) is 0 Å². The lowest BCUT2D eigenvalue weighted by atomic mass is 9.91. The van der Waals surface area contributed by atoms with Crippen molar-refractivity contribution >= 4 is 53.3 Å². The molecule has 0 fully saturated rings. The number of aromatic nitrogens is 1. The van der Waals surface area contributed by atoms with Gasteiger partial charge in [0.2, 0.25) is 0 Å². The molecular weight excluding hydrogens is 695 g/mol. The molecule has 11 aromatic rings. The number of para-hydroxylation sites is 2. The third-order valence-electron chi connectivity index (χ3n) is 11.2. The van der Waals surface area contributed by atoms with Gasteiger partial charge in [0.25, 0.3) is 0 Å². The number of rotatable bonds is 6. The standard InChI is InChI=1S/C54H35NS/c1-4-14-36(15-5-1)37-26-28-38(29-27-37)41-32-42(40-30-31-52-50(35-40)47-20-10-11-25-51(47)55(52)44-18-8-3-9-19-44)34-43(33-41)46-22-13-24-49-48-23-12-21-45(53(48)56-54(46)49)39-16-6-2-7-17-39/h1-35H. The summed E-state index contributed by atoms with van der Waals surface area (Å²) in [7, 11) is 0. The molecular formula is C54H35NS. The summed E-state index contributed by atoms with van der Waals surface area (Å²) >= 11 is 1.91. The largest absolute Gasteiger partial charge is 0.309 e. The normalized spacial score (nSPS) is 11.6. The Labute approximate surface area is 330 Å². The van der Waals surface area contributed by atoms with Crippen LogP contribution >= 0.6 is 11.3 Å². The molecule has 0 aliphatic heterocycles. The van der Waals surface area contributed by atoms with Crippen LogP contribution in [0, 0.1) is 0 Å². The second-order valence-corrected chi connectivity index (χ2v) is 15.5. The van der Waals surface area contributed by atoms with Crippen molar-refractivity contribution in [3.63, 3.8) is 0 Å². The molecule has 2 aromatic heterocycles. The quantitative estimate of drug-likeness (QED) is 0.161. The summed E-state index contributed by atoms with van der Waals surface area (Å²) in [5.41, 5.74) is 15.8. The van der Waals surface area contributed by atoms with Crippen LogP contribution in [0.15, 0.2) is 212 Å². The summed E-state index contributed by atoms with van der Waals surface area (Å²) in [5, 5.41) is 5.11. The minimum absolute atomic E-state index is 1.17. The maximum absolute atomic E-state index is 2.40. The van der Waals surface area contributed by atoms with Gasteiger partial charge in [0, 0.05) is 36.6 Å². The molecule has 0 amide bonds. The average Bonchev–Trinajstić information content (AvgIpc) is 3.83. The van der Waals surface area contributed by atoms with Gasteiger partial charge in [-0.3, -0.25) is 0 Å². The molecule has 1 nitrogen and oxygen atoms in total. The second-order valence-electron chi connectivity index (χ2n) is 14.5. The smallest absolute Gasteiger partial charge is 0.0541 e. The molecule has 0 bridgehead atoms. The first kappa shape index (κ1) is 32.4. The predicted molar refractivity (Wildman–Crippen MR) is 241 cm³/mol. The van der Waals surface area contributed by atoms with E-state index in [9.17, 15) is 0 Å². The molecule has 0 saturated heterocycles. The zero-order valence-electron chi connectivity index (χ0n) is 30.6. The highest BCUT2D eigenvalue weighted by atomic mass is 32.1. The van der Waals surface area contributed by atoms with Gasteiger partial charge < -0.3 is 4.57 Å². The lowest BCUT2D eigenvalue weighted by molar-refractivity contribution is 1.18. The molecule has 0 N–H and O–H groups in total. The minimum atomic E-state index is 1.17. The third kappa shape index (κ3) is 5.46. The van der Waals surface area contributed by atoms with Crippen molar-refractivity contribution in [1.29, 1.82) is 0 Å². The number of hydrogen-bond donors (Lipinski definition) is 0. The van der Waals surface area contributed by atoms with Gasteiger partial charge in [0.15, 0.2) is 0 Å². The highest BCUT2D eigenvalue weighted by Crippen LogP contribution is 2.45. The molecule has 0 saturated carbocycles. The predicted octanol–water partition coefficient (Wildman–Crippen LogP) is 15.5. The van der Waals surface area contributed by atoms with Crippen molar-refractivity contribution in [1.82, 2.24) is 4.57 Å². The van der Waals surface area contributed by atoms with Crippen LogP contribution in [-0.4, -0.2) is 4.57 Å². The van der Waals surface area contributed by atoms with Crippen LogP contribution < -0.4 is 0 Å². The molecule has 2 heterocycles. The number of benzene rings is 9. The third-order valence-corrected chi connectivity index (χ3v) is 12.5. The Balaban J connectivity index is 1.12. The monoisotopic (exact) mass is 729 g/mol. The number of thiophene rings is 1. The van der Waals surface area contributed by atoms with Crippen molar-refractivity contribution in [2.24, 2.45) is 0 Å². The van der Waals surface area contributed by atoms with Crippen molar-refractivity contribution < 1.29 is 0 Å². The molecule has 9 aromatic carbocycles. The van der Waals surface area contributed by atoms with Gasteiger partial charge in [-0.1, -0.05) is 164 Å². The van der Waals surface area contributed by atoms with Gasteiger partial charge in [-0.25, -0.2) is 0 Å². The van der Waals surface area contributed by atoms with E-state index >= 15 is 0 Å². The molecule has 0 radical (unpaired) electrons. The molecule has 2 heteroatoms. The fourth-order valence-electron chi connectivity index (χ4n) is 8.50. The van der Waals surface area contributed by atoms with E-state index in [1.54, 1.807) is 0 Å². The molecule has 0 aliphatic carbocycles. The highest BCUT2D eigenvalue weighted by Gasteiger charge is 2.17. The van der Waals surface area contributed by atoms with Crippen molar-refractivity contribution in [3.8, 4) is 61.3 Å². The van der Waals surface area contributed by atoms with E-state index in [0.717, 1.165) is 0 Å². The van der Waals surface area contributed by atoms with Crippen LogP contribution in [0.3, 0.4) is 0 Å². The number of nitrogens with zero attached hydrogens (tertiary/aromatic N) is 1. The number of fused-ring (bicyclic) bond motifs is 6. The van der Waals surface area contributed by atoms with Gasteiger partial charge in [-0.15, -0.1) is 11.3 Å². The van der Waals surface area contributed by atoms with Gasteiger partial charge in [-0.05, 0) is 104 Å². The van der Waals surface area contributed by atoms with Gasteiger partial charge in [-0.2, -0.15) is 0 Å².